The lowest BCUT2D eigenvalue weighted by atomic mass is 10.2. The molecule has 6 heteroatoms. The van der Waals surface area contributed by atoms with Crippen LogP contribution in [-0.4, -0.2) is 25.2 Å². The van der Waals surface area contributed by atoms with Crippen LogP contribution in [0.2, 0.25) is 0 Å². The second-order valence-electron chi connectivity index (χ2n) is 4.07. The Labute approximate surface area is 111 Å². The molecule has 1 aromatic rings. The van der Waals surface area contributed by atoms with Crippen molar-refractivity contribution in [3.63, 3.8) is 0 Å². The van der Waals surface area contributed by atoms with Crippen molar-refractivity contribution in [2.45, 2.75) is 19.8 Å². The summed E-state index contributed by atoms with van der Waals surface area (Å²) in [7, 11) is 0. The van der Waals surface area contributed by atoms with E-state index in [1.807, 2.05) is 0 Å². The van der Waals surface area contributed by atoms with Gasteiger partial charge in [-0.05, 0) is 12.1 Å². The van der Waals surface area contributed by atoms with Crippen molar-refractivity contribution in [2.75, 3.05) is 18.7 Å². The second-order valence-corrected chi connectivity index (χ2v) is 4.07. The SMILES string of the molecule is CCC(=O)NCCC(=O)Nc1ccc2c(c1)OCO2. The number of carbonyl (C=O) groups excluding carboxylic acids is 2. The monoisotopic (exact) mass is 264 g/mol. The van der Waals surface area contributed by atoms with Crippen molar-refractivity contribution >= 4 is 17.5 Å². The van der Waals surface area contributed by atoms with E-state index in [4.69, 9.17) is 9.47 Å². The number of rotatable bonds is 5. The average Bonchev–Trinajstić information content (AvgIpc) is 2.85. The minimum atomic E-state index is -0.157. The van der Waals surface area contributed by atoms with Gasteiger partial charge in [-0.1, -0.05) is 6.92 Å². The Balaban J connectivity index is 1.80. The Hall–Kier alpha value is -2.24. The molecule has 2 rings (SSSR count). The van der Waals surface area contributed by atoms with Crippen LogP contribution < -0.4 is 20.1 Å². The van der Waals surface area contributed by atoms with Gasteiger partial charge in [0.2, 0.25) is 18.6 Å². The molecule has 0 radical (unpaired) electrons. The molecule has 0 unspecified atom stereocenters. The molecule has 0 aromatic heterocycles. The van der Waals surface area contributed by atoms with E-state index < -0.39 is 0 Å². The lowest BCUT2D eigenvalue weighted by molar-refractivity contribution is -0.121. The topological polar surface area (TPSA) is 76.7 Å². The van der Waals surface area contributed by atoms with Gasteiger partial charge in [-0.3, -0.25) is 9.59 Å². The maximum absolute atomic E-state index is 11.6. The standard InChI is InChI=1S/C13H16N2O4/c1-2-12(16)14-6-5-13(17)15-9-3-4-10-11(7-9)19-8-18-10/h3-4,7H,2,5-6,8H2,1H3,(H,14,16)(H,15,17). The van der Waals surface area contributed by atoms with Crippen LogP contribution in [-0.2, 0) is 9.59 Å². The summed E-state index contributed by atoms with van der Waals surface area (Å²) in [5.74, 6) is 1.08. The van der Waals surface area contributed by atoms with Gasteiger partial charge in [-0.15, -0.1) is 0 Å². The minimum Gasteiger partial charge on any atom is -0.454 e. The summed E-state index contributed by atoms with van der Waals surface area (Å²) in [4.78, 5) is 22.7. The first-order chi connectivity index (χ1) is 9.19. The first kappa shape index (κ1) is 13.2. The molecule has 0 saturated heterocycles. The molecule has 0 atom stereocenters. The molecule has 102 valence electrons. The molecule has 2 amide bonds. The van der Waals surface area contributed by atoms with E-state index in [0.29, 0.717) is 30.2 Å². The normalized spacial score (nSPS) is 12.1. The summed E-state index contributed by atoms with van der Waals surface area (Å²) in [6.45, 7) is 2.31. The van der Waals surface area contributed by atoms with Gasteiger partial charge in [0.05, 0.1) is 0 Å². The second kappa shape index (κ2) is 6.08. The first-order valence-corrected chi connectivity index (χ1v) is 6.15. The van der Waals surface area contributed by atoms with Crippen LogP contribution in [0.15, 0.2) is 18.2 Å². The number of fused-ring (bicyclic) bond motifs is 1. The fraction of sp³-hybridized carbons (Fsp3) is 0.385. The largest absolute Gasteiger partial charge is 0.454 e. The van der Waals surface area contributed by atoms with Gasteiger partial charge in [-0.2, -0.15) is 0 Å². The van der Waals surface area contributed by atoms with E-state index in [-0.39, 0.29) is 25.0 Å². The van der Waals surface area contributed by atoms with E-state index in [2.05, 4.69) is 10.6 Å². The van der Waals surface area contributed by atoms with E-state index in [1.54, 1.807) is 25.1 Å². The van der Waals surface area contributed by atoms with E-state index in [9.17, 15) is 9.59 Å². The number of amides is 2. The highest BCUT2D eigenvalue weighted by molar-refractivity contribution is 5.91. The molecular formula is C13H16N2O4. The van der Waals surface area contributed by atoms with Crippen molar-refractivity contribution in [3.8, 4) is 11.5 Å². The Morgan fingerprint density at radius 2 is 2.00 bits per heavy atom. The molecule has 0 fully saturated rings. The Bertz CT molecular complexity index is 488. The number of benzene rings is 1. The summed E-state index contributed by atoms with van der Waals surface area (Å²) < 4.78 is 10.4. The van der Waals surface area contributed by atoms with E-state index >= 15 is 0 Å². The predicted octanol–water partition coefficient (Wildman–Crippen LogP) is 1.27. The quantitative estimate of drug-likeness (QED) is 0.839. The summed E-state index contributed by atoms with van der Waals surface area (Å²) in [6, 6.07) is 5.21. The number of hydrogen-bond donors (Lipinski definition) is 2. The highest BCUT2D eigenvalue weighted by atomic mass is 16.7. The van der Waals surface area contributed by atoms with Gasteiger partial charge >= 0.3 is 0 Å². The van der Waals surface area contributed by atoms with Crippen LogP contribution in [0, 0.1) is 0 Å². The number of ether oxygens (including phenoxy) is 2. The van der Waals surface area contributed by atoms with Crippen LogP contribution in [0.4, 0.5) is 5.69 Å². The van der Waals surface area contributed by atoms with Crippen LogP contribution in [0.1, 0.15) is 19.8 Å². The van der Waals surface area contributed by atoms with Crippen molar-refractivity contribution in [3.05, 3.63) is 18.2 Å². The minimum absolute atomic E-state index is 0.0594. The fourth-order valence-corrected chi connectivity index (χ4v) is 1.64. The van der Waals surface area contributed by atoms with Crippen molar-refractivity contribution in [1.82, 2.24) is 5.32 Å². The molecule has 1 aliphatic heterocycles. The summed E-state index contributed by atoms with van der Waals surface area (Å²) in [5.41, 5.74) is 0.649. The molecule has 1 heterocycles. The average molecular weight is 264 g/mol. The fourth-order valence-electron chi connectivity index (χ4n) is 1.64. The number of nitrogens with one attached hydrogen (secondary N) is 2. The third kappa shape index (κ3) is 3.61. The van der Waals surface area contributed by atoms with E-state index in [1.165, 1.54) is 0 Å². The number of anilines is 1. The van der Waals surface area contributed by atoms with Crippen LogP contribution in [0.3, 0.4) is 0 Å². The van der Waals surface area contributed by atoms with Gasteiger partial charge in [-0.25, -0.2) is 0 Å². The highest BCUT2D eigenvalue weighted by Crippen LogP contribution is 2.34. The third-order valence-electron chi connectivity index (χ3n) is 2.65. The first-order valence-electron chi connectivity index (χ1n) is 6.15. The highest BCUT2D eigenvalue weighted by Gasteiger charge is 2.14. The zero-order valence-electron chi connectivity index (χ0n) is 10.7. The molecule has 1 aromatic carbocycles. The molecule has 0 saturated carbocycles. The van der Waals surface area contributed by atoms with Gasteiger partial charge in [0.15, 0.2) is 11.5 Å². The van der Waals surface area contributed by atoms with E-state index in [0.717, 1.165) is 0 Å². The van der Waals surface area contributed by atoms with Gasteiger partial charge in [0, 0.05) is 31.1 Å². The van der Waals surface area contributed by atoms with Gasteiger partial charge < -0.3 is 20.1 Å². The molecule has 2 N–H and O–H groups in total. The van der Waals surface area contributed by atoms with Crippen LogP contribution in [0.25, 0.3) is 0 Å². The molecule has 19 heavy (non-hydrogen) atoms. The lowest BCUT2D eigenvalue weighted by Crippen LogP contribution is -2.26. The maximum Gasteiger partial charge on any atom is 0.231 e. The molecular weight excluding hydrogens is 248 g/mol. The molecule has 6 nitrogen and oxygen atoms in total. The smallest absolute Gasteiger partial charge is 0.231 e. The molecule has 1 aliphatic rings. The summed E-state index contributed by atoms with van der Waals surface area (Å²) >= 11 is 0. The number of hydrogen-bond acceptors (Lipinski definition) is 4. The van der Waals surface area contributed by atoms with Crippen molar-refractivity contribution in [1.29, 1.82) is 0 Å². The molecule has 0 spiro atoms. The molecule has 0 bridgehead atoms. The zero-order chi connectivity index (χ0) is 13.7. The van der Waals surface area contributed by atoms with Gasteiger partial charge in [0.1, 0.15) is 0 Å². The maximum atomic E-state index is 11.6. The van der Waals surface area contributed by atoms with Crippen molar-refractivity contribution < 1.29 is 19.1 Å². The predicted molar refractivity (Wildman–Crippen MR) is 69.1 cm³/mol. The Morgan fingerprint density at radius 1 is 1.21 bits per heavy atom. The van der Waals surface area contributed by atoms with Crippen LogP contribution >= 0.6 is 0 Å². The third-order valence-corrected chi connectivity index (χ3v) is 2.65. The van der Waals surface area contributed by atoms with Gasteiger partial charge in [0.25, 0.3) is 0 Å². The Kier molecular flexibility index (Phi) is 4.22. The summed E-state index contributed by atoms with van der Waals surface area (Å²) in [5, 5.41) is 5.38. The summed E-state index contributed by atoms with van der Waals surface area (Å²) in [6.07, 6.45) is 0.657. The lowest BCUT2D eigenvalue weighted by Gasteiger charge is -2.06. The zero-order valence-corrected chi connectivity index (χ0v) is 10.7. The number of carbonyl (C=O) groups is 2. The molecule has 0 aliphatic carbocycles. The van der Waals surface area contributed by atoms with Crippen molar-refractivity contribution in [2.24, 2.45) is 0 Å². The Morgan fingerprint density at radius 3 is 2.79 bits per heavy atom. The van der Waals surface area contributed by atoms with Crippen LogP contribution in [0.5, 0.6) is 11.5 Å².